The highest BCUT2D eigenvalue weighted by Gasteiger charge is 2.23. The van der Waals surface area contributed by atoms with Crippen molar-refractivity contribution < 1.29 is 28.2 Å². The second kappa shape index (κ2) is 15.5. The minimum absolute atomic E-state index is 0.0603. The van der Waals surface area contributed by atoms with Gasteiger partial charge < -0.3 is 29.4 Å². The molecule has 1 aliphatic heterocycles. The van der Waals surface area contributed by atoms with Gasteiger partial charge in [0.25, 0.3) is 0 Å². The number of anilines is 2. The molecule has 1 aliphatic rings. The molecule has 242 valence electrons. The Morgan fingerprint density at radius 3 is 2.67 bits per heavy atom. The quantitative estimate of drug-likeness (QED) is 0.180. The number of hydrogen-bond acceptors (Lipinski definition) is 9. The van der Waals surface area contributed by atoms with Crippen molar-refractivity contribution in [1.29, 1.82) is 0 Å². The Labute approximate surface area is 271 Å². The van der Waals surface area contributed by atoms with E-state index < -0.39 is 11.8 Å². The zero-order valence-electron chi connectivity index (χ0n) is 25.7. The molecule has 2 aromatic heterocycles. The number of benzene rings is 2. The number of pyridine rings is 1. The van der Waals surface area contributed by atoms with Crippen LogP contribution in [-0.4, -0.2) is 64.2 Å². The number of halogens is 2. The largest absolute Gasteiger partial charge is 0.484 e. The summed E-state index contributed by atoms with van der Waals surface area (Å²) < 4.78 is 32.6. The molecule has 11 nitrogen and oxygen atoms in total. The van der Waals surface area contributed by atoms with Gasteiger partial charge in [-0.05, 0) is 62.2 Å². The average Bonchev–Trinajstić information content (AvgIpc) is 3.52. The second-order valence-electron chi connectivity index (χ2n) is 10.7. The van der Waals surface area contributed by atoms with Crippen molar-refractivity contribution >= 4 is 34.9 Å². The van der Waals surface area contributed by atoms with Gasteiger partial charge in [0.15, 0.2) is 11.6 Å². The van der Waals surface area contributed by atoms with E-state index >= 15 is 0 Å². The number of aromatic nitrogens is 3. The first-order chi connectivity index (χ1) is 22.3. The predicted octanol–water partition coefficient (Wildman–Crippen LogP) is 5.55. The summed E-state index contributed by atoms with van der Waals surface area (Å²) in [6.07, 6.45) is 4.91. The molecule has 0 unspecified atom stereocenters. The molecule has 13 heteroatoms. The van der Waals surface area contributed by atoms with Crippen LogP contribution in [-0.2, 0) is 29.2 Å². The molecule has 1 fully saturated rings. The molecule has 0 bridgehead atoms. The van der Waals surface area contributed by atoms with Gasteiger partial charge >= 0.3 is 5.97 Å². The molecule has 1 amide bonds. The maximum atomic E-state index is 14.0. The van der Waals surface area contributed by atoms with Gasteiger partial charge in [-0.15, -0.1) is 0 Å². The number of ether oxygens (including phenoxy) is 3. The molecular formula is C33H36ClFN6O5. The molecule has 2 aromatic carbocycles. The van der Waals surface area contributed by atoms with Gasteiger partial charge in [0.05, 0.1) is 54.9 Å². The summed E-state index contributed by atoms with van der Waals surface area (Å²) in [4.78, 5) is 36.0. The number of nitrogens with one attached hydrogen (secondary N) is 2. The first kappa shape index (κ1) is 32.7. The normalized spacial score (nSPS) is 13.7. The number of imidazole rings is 1. The SMILES string of the molecule is CCn1cncc1CNc1cc(C(=O)OC)ccc1NC(=O)CN1CCC(Oc2cccc(COc3ccc(Cl)cc3F)n2)CC1. The lowest BCUT2D eigenvalue weighted by Gasteiger charge is -2.31. The van der Waals surface area contributed by atoms with E-state index in [-0.39, 0.29) is 30.9 Å². The molecule has 0 saturated carbocycles. The third-order valence-electron chi connectivity index (χ3n) is 7.55. The maximum Gasteiger partial charge on any atom is 0.337 e. The molecule has 4 aromatic rings. The predicted molar refractivity (Wildman–Crippen MR) is 172 cm³/mol. The van der Waals surface area contributed by atoms with Crippen LogP contribution >= 0.6 is 11.6 Å². The summed E-state index contributed by atoms with van der Waals surface area (Å²) in [5.74, 6) is -0.609. The fourth-order valence-electron chi connectivity index (χ4n) is 5.11. The van der Waals surface area contributed by atoms with Crippen molar-refractivity contribution in [1.82, 2.24) is 19.4 Å². The maximum absolute atomic E-state index is 14.0. The van der Waals surface area contributed by atoms with Crippen LogP contribution in [0.25, 0.3) is 0 Å². The minimum Gasteiger partial charge on any atom is -0.484 e. The number of nitrogens with zero attached hydrogens (tertiary/aromatic N) is 4. The molecule has 0 spiro atoms. The highest BCUT2D eigenvalue weighted by atomic mass is 35.5. The van der Waals surface area contributed by atoms with Crippen LogP contribution in [0, 0.1) is 5.82 Å². The zero-order valence-corrected chi connectivity index (χ0v) is 26.4. The third-order valence-corrected chi connectivity index (χ3v) is 7.79. The number of rotatable bonds is 13. The lowest BCUT2D eigenvalue weighted by atomic mass is 10.1. The molecule has 2 N–H and O–H groups in total. The summed E-state index contributed by atoms with van der Waals surface area (Å²) >= 11 is 5.81. The van der Waals surface area contributed by atoms with Gasteiger partial charge in [0.1, 0.15) is 12.7 Å². The number of amides is 1. The number of piperidine rings is 1. The first-order valence-electron chi connectivity index (χ1n) is 15.0. The van der Waals surface area contributed by atoms with E-state index in [1.165, 1.54) is 19.2 Å². The summed E-state index contributed by atoms with van der Waals surface area (Å²) in [6, 6.07) is 14.6. The molecule has 1 saturated heterocycles. The highest BCUT2D eigenvalue weighted by Crippen LogP contribution is 2.26. The van der Waals surface area contributed by atoms with Crippen molar-refractivity contribution in [3.05, 3.63) is 94.9 Å². The van der Waals surface area contributed by atoms with Crippen LogP contribution in [0.1, 0.15) is 41.5 Å². The van der Waals surface area contributed by atoms with Gasteiger partial charge in [-0.1, -0.05) is 17.7 Å². The number of likely N-dealkylation sites (tertiary alicyclic amines) is 1. The minimum atomic E-state index is -0.537. The van der Waals surface area contributed by atoms with Crippen LogP contribution in [0.3, 0.4) is 0 Å². The number of hydrogen-bond donors (Lipinski definition) is 2. The summed E-state index contributed by atoms with van der Waals surface area (Å²) in [6.45, 7) is 4.89. The summed E-state index contributed by atoms with van der Waals surface area (Å²) in [5, 5.41) is 6.61. The Bertz CT molecular complexity index is 1660. The van der Waals surface area contributed by atoms with Crippen molar-refractivity contribution in [2.24, 2.45) is 0 Å². The third kappa shape index (κ3) is 8.73. The van der Waals surface area contributed by atoms with Crippen LogP contribution in [0.15, 0.2) is 67.1 Å². The average molecular weight is 651 g/mol. The molecule has 46 heavy (non-hydrogen) atoms. The smallest absolute Gasteiger partial charge is 0.337 e. The first-order valence-corrected chi connectivity index (χ1v) is 15.4. The number of methoxy groups -OCH3 is 1. The number of esters is 1. The summed E-state index contributed by atoms with van der Waals surface area (Å²) in [5.41, 5.74) is 3.11. The highest BCUT2D eigenvalue weighted by molar-refractivity contribution is 6.30. The van der Waals surface area contributed by atoms with Crippen molar-refractivity contribution in [2.45, 2.75) is 45.6 Å². The number of carbonyl (C=O) groups excluding carboxylic acids is 2. The standard InChI is InChI=1S/C33H36ClFN6O5/c1-3-41-21-36-17-25(41)18-37-29-15-22(33(43)44-2)7-9-28(29)39-31(42)19-40-13-11-26(12-14-40)46-32-6-4-5-24(38-32)20-45-30-10-8-23(34)16-27(30)35/h4-10,15-17,21,26,37H,3,11-14,18-20H2,1-2H3,(H,39,42). The van der Waals surface area contributed by atoms with E-state index in [2.05, 4.69) is 25.5 Å². The molecular weight excluding hydrogens is 615 g/mol. The molecule has 5 rings (SSSR count). The van der Waals surface area contributed by atoms with E-state index in [0.717, 1.165) is 25.1 Å². The van der Waals surface area contributed by atoms with Gasteiger partial charge in [-0.25, -0.2) is 19.2 Å². The lowest BCUT2D eigenvalue weighted by molar-refractivity contribution is -0.117. The lowest BCUT2D eigenvalue weighted by Crippen LogP contribution is -2.42. The Morgan fingerprint density at radius 2 is 1.91 bits per heavy atom. The summed E-state index contributed by atoms with van der Waals surface area (Å²) in [7, 11) is 1.33. The monoisotopic (exact) mass is 650 g/mol. The molecule has 0 radical (unpaired) electrons. The van der Waals surface area contributed by atoms with E-state index in [4.69, 9.17) is 25.8 Å². The van der Waals surface area contributed by atoms with Crippen molar-refractivity contribution in [3.8, 4) is 11.6 Å². The fraction of sp³-hybridized carbons (Fsp3) is 0.333. The Morgan fingerprint density at radius 1 is 1.09 bits per heavy atom. The van der Waals surface area contributed by atoms with Crippen molar-refractivity contribution in [2.75, 3.05) is 37.4 Å². The van der Waals surface area contributed by atoms with E-state index in [9.17, 15) is 14.0 Å². The van der Waals surface area contributed by atoms with Gasteiger partial charge in [0.2, 0.25) is 11.8 Å². The Balaban J connectivity index is 1.12. The van der Waals surface area contributed by atoms with Crippen LogP contribution in [0.4, 0.5) is 15.8 Å². The Kier molecular flexibility index (Phi) is 11.1. The van der Waals surface area contributed by atoms with E-state index in [0.29, 0.717) is 53.2 Å². The van der Waals surface area contributed by atoms with Gasteiger partial charge in [-0.3, -0.25) is 9.69 Å². The van der Waals surface area contributed by atoms with E-state index in [1.807, 2.05) is 17.6 Å². The number of carbonyl (C=O) groups is 2. The topological polar surface area (TPSA) is 120 Å². The van der Waals surface area contributed by atoms with Crippen molar-refractivity contribution in [3.63, 3.8) is 0 Å². The van der Waals surface area contributed by atoms with Crippen LogP contribution in [0.2, 0.25) is 5.02 Å². The molecule has 3 heterocycles. The Hall–Kier alpha value is -4.68. The second-order valence-corrected chi connectivity index (χ2v) is 11.2. The van der Waals surface area contributed by atoms with Crippen LogP contribution in [0.5, 0.6) is 11.6 Å². The number of aryl methyl sites for hydroxylation is 1. The van der Waals surface area contributed by atoms with Gasteiger partial charge in [0, 0.05) is 36.9 Å². The fourth-order valence-corrected chi connectivity index (χ4v) is 5.27. The molecule has 0 atom stereocenters. The van der Waals surface area contributed by atoms with Crippen LogP contribution < -0.4 is 20.1 Å². The van der Waals surface area contributed by atoms with E-state index in [1.54, 1.807) is 48.9 Å². The zero-order chi connectivity index (χ0) is 32.5. The van der Waals surface area contributed by atoms with Gasteiger partial charge in [-0.2, -0.15) is 0 Å². The molecule has 0 aliphatic carbocycles.